The van der Waals surface area contributed by atoms with Crippen LogP contribution in [-0.4, -0.2) is 13.0 Å². The fraction of sp³-hybridized carbons (Fsp3) is 0.250. The molecule has 0 saturated carbocycles. The highest BCUT2D eigenvalue weighted by atomic mass is 16.1. The van der Waals surface area contributed by atoms with Gasteiger partial charge in [0, 0.05) is 13.1 Å². The maximum absolute atomic E-state index is 10.9. The average Bonchev–Trinajstić information content (AvgIpc) is 2.26. The first-order chi connectivity index (χ1) is 6.76. The summed E-state index contributed by atoms with van der Waals surface area (Å²) in [6.07, 6.45) is 4.37. The van der Waals surface area contributed by atoms with Crippen molar-refractivity contribution in [2.24, 2.45) is 0 Å². The Labute approximate surface area is 84.6 Å². The van der Waals surface area contributed by atoms with Crippen LogP contribution < -0.4 is 5.32 Å². The molecule has 0 unspecified atom stereocenters. The third-order valence-corrected chi connectivity index (χ3v) is 2.06. The summed E-state index contributed by atoms with van der Waals surface area (Å²) in [4.78, 5) is 10.9. The summed E-state index contributed by atoms with van der Waals surface area (Å²) in [5.74, 6) is -0.0791. The Morgan fingerprint density at radius 3 is 2.50 bits per heavy atom. The Balaban J connectivity index is 2.68. The van der Waals surface area contributed by atoms with Crippen LogP contribution >= 0.6 is 0 Å². The van der Waals surface area contributed by atoms with Gasteiger partial charge in [-0.3, -0.25) is 4.79 Å². The fourth-order valence-electron chi connectivity index (χ4n) is 1.12. The van der Waals surface area contributed by atoms with E-state index in [4.69, 9.17) is 0 Å². The van der Waals surface area contributed by atoms with Gasteiger partial charge in [-0.1, -0.05) is 31.2 Å². The fourth-order valence-corrected chi connectivity index (χ4v) is 1.12. The SMILES string of the molecule is CCc1ccc(C=CC(=O)NC)cc1. The smallest absolute Gasteiger partial charge is 0.243 e. The second-order valence-corrected chi connectivity index (χ2v) is 3.04. The lowest BCUT2D eigenvalue weighted by Crippen LogP contribution is -2.13. The summed E-state index contributed by atoms with van der Waals surface area (Å²) in [6, 6.07) is 8.17. The molecule has 0 spiro atoms. The Morgan fingerprint density at radius 1 is 1.36 bits per heavy atom. The number of nitrogens with one attached hydrogen (secondary N) is 1. The first-order valence-corrected chi connectivity index (χ1v) is 4.75. The topological polar surface area (TPSA) is 29.1 Å². The van der Waals surface area contributed by atoms with E-state index in [2.05, 4.69) is 24.4 Å². The first kappa shape index (κ1) is 10.5. The van der Waals surface area contributed by atoms with E-state index in [0.717, 1.165) is 12.0 Å². The van der Waals surface area contributed by atoms with E-state index in [-0.39, 0.29) is 5.91 Å². The Morgan fingerprint density at radius 2 is 2.00 bits per heavy atom. The summed E-state index contributed by atoms with van der Waals surface area (Å²) in [7, 11) is 1.62. The largest absolute Gasteiger partial charge is 0.356 e. The lowest BCUT2D eigenvalue weighted by atomic mass is 10.1. The molecule has 14 heavy (non-hydrogen) atoms. The van der Waals surface area contributed by atoms with Gasteiger partial charge in [-0.15, -0.1) is 0 Å². The third kappa shape index (κ3) is 3.05. The zero-order valence-electron chi connectivity index (χ0n) is 8.58. The molecule has 0 radical (unpaired) electrons. The maximum atomic E-state index is 10.9. The van der Waals surface area contributed by atoms with Crippen LogP contribution in [0.5, 0.6) is 0 Å². The van der Waals surface area contributed by atoms with Crippen LogP contribution in [0.4, 0.5) is 0 Å². The zero-order chi connectivity index (χ0) is 10.4. The van der Waals surface area contributed by atoms with Gasteiger partial charge in [0.05, 0.1) is 0 Å². The lowest BCUT2D eigenvalue weighted by Gasteiger charge is -1.97. The molecule has 0 aliphatic heterocycles. The van der Waals surface area contributed by atoms with Crippen molar-refractivity contribution in [3.8, 4) is 0 Å². The number of carbonyl (C=O) groups is 1. The summed E-state index contributed by atoms with van der Waals surface area (Å²) < 4.78 is 0. The van der Waals surface area contributed by atoms with Gasteiger partial charge in [0.15, 0.2) is 0 Å². The number of benzene rings is 1. The zero-order valence-corrected chi connectivity index (χ0v) is 8.58. The van der Waals surface area contributed by atoms with Crippen LogP contribution in [0.15, 0.2) is 30.3 Å². The molecule has 0 heterocycles. The highest BCUT2D eigenvalue weighted by Gasteiger charge is 1.91. The second kappa shape index (κ2) is 5.22. The van der Waals surface area contributed by atoms with Crippen molar-refractivity contribution in [3.05, 3.63) is 41.5 Å². The van der Waals surface area contributed by atoms with Crippen molar-refractivity contribution in [1.29, 1.82) is 0 Å². The van der Waals surface area contributed by atoms with Crippen molar-refractivity contribution in [2.45, 2.75) is 13.3 Å². The van der Waals surface area contributed by atoms with Gasteiger partial charge in [-0.05, 0) is 23.6 Å². The van der Waals surface area contributed by atoms with E-state index in [1.54, 1.807) is 13.1 Å². The predicted molar refractivity (Wildman–Crippen MR) is 58.9 cm³/mol. The summed E-state index contributed by atoms with van der Waals surface area (Å²) in [5, 5.41) is 2.53. The van der Waals surface area contributed by atoms with Crippen molar-refractivity contribution in [2.75, 3.05) is 7.05 Å². The van der Waals surface area contributed by atoms with E-state index >= 15 is 0 Å². The molecule has 0 aliphatic rings. The van der Waals surface area contributed by atoms with Crippen molar-refractivity contribution < 1.29 is 4.79 Å². The quantitative estimate of drug-likeness (QED) is 0.724. The number of hydrogen-bond donors (Lipinski definition) is 1. The minimum absolute atomic E-state index is 0.0791. The molecule has 0 aromatic heterocycles. The number of amides is 1. The van der Waals surface area contributed by atoms with Gasteiger partial charge in [0.2, 0.25) is 5.91 Å². The van der Waals surface area contributed by atoms with Gasteiger partial charge >= 0.3 is 0 Å². The van der Waals surface area contributed by atoms with Gasteiger partial charge in [0.25, 0.3) is 0 Å². The minimum atomic E-state index is -0.0791. The number of likely N-dealkylation sites (N-methyl/N-ethyl adjacent to an activating group) is 1. The molecule has 0 aliphatic carbocycles. The van der Waals surface area contributed by atoms with E-state index in [1.807, 2.05) is 12.1 Å². The number of aryl methyl sites for hydroxylation is 1. The standard InChI is InChI=1S/C12H15NO/c1-3-10-4-6-11(7-5-10)8-9-12(14)13-2/h4-9H,3H2,1-2H3,(H,13,14). The van der Waals surface area contributed by atoms with Crippen LogP contribution in [0.3, 0.4) is 0 Å². The Hall–Kier alpha value is -1.57. The van der Waals surface area contributed by atoms with Crippen LogP contribution in [0.1, 0.15) is 18.1 Å². The van der Waals surface area contributed by atoms with Crippen LogP contribution in [0.25, 0.3) is 6.08 Å². The highest BCUT2D eigenvalue weighted by Crippen LogP contribution is 2.06. The molecule has 1 aromatic rings. The molecule has 2 nitrogen and oxygen atoms in total. The summed E-state index contributed by atoms with van der Waals surface area (Å²) >= 11 is 0. The second-order valence-electron chi connectivity index (χ2n) is 3.04. The number of hydrogen-bond acceptors (Lipinski definition) is 1. The summed E-state index contributed by atoms with van der Waals surface area (Å²) in [5.41, 5.74) is 2.35. The van der Waals surface area contributed by atoms with E-state index in [1.165, 1.54) is 11.6 Å². The third-order valence-electron chi connectivity index (χ3n) is 2.06. The lowest BCUT2D eigenvalue weighted by molar-refractivity contribution is -0.115. The molecule has 0 atom stereocenters. The molecule has 1 N–H and O–H groups in total. The molecule has 0 saturated heterocycles. The molecule has 74 valence electrons. The molecule has 2 heteroatoms. The normalized spacial score (nSPS) is 10.4. The van der Waals surface area contributed by atoms with E-state index in [0.29, 0.717) is 0 Å². The van der Waals surface area contributed by atoms with E-state index < -0.39 is 0 Å². The molecule has 1 aromatic carbocycles. The maximum Gasteiger partial charge on any atom is 0.243 e. The van der Waals surface area contributed by atoms with Crippen molar-refractivity contribution in [3.63, 3.8) is 0 Å². The average molecular weight is 189 g/mol. The molecular formula is C12H15NO. The first-order valence-electron chi connectivity index (χ1n) is 4.75. The predicted octanol–water partition coefficient (Wildman–Crippen LogP) is 2.01. The number of carbonyl (C=O) groups excluding carboxylic acids is 1. The van der Waals surface area contributed by atoms with Crippen molar-refractivity contribution >= 4 is 12.0 Å². The van der Waals surface area contributed by atoms with E-state index in [9.17, 15) is 4.79 Å². The van der Waals surface area contributed by atoms with Gasteiger partial charge in [-0.25, -0.2) is 0 Å². The van der Waals surface area contributed by atoms with Gasteiger partial charge in [0.1, 0.15) is 0 Å². The minimum Gasteiger partial charge on any atom is -0.356 e. The molecule has 0 fully saturated rings. The highest BCUT2D eigenvalue weighted by molar-refractivity contribution is 5.91. The van der Waals surface area contributed by atoms with Gasteiger partial charge in [-0.2, -0.15) is 0 Å². The summed E-state index contributed by atoms with van der Waals surface area (Å²) in [6.45, 7) is 2.12. The molecular weight excluding hydrogens is 174 g/mol. The van der Waals surface area contributed by atoms with Crippen molar-refractivity contribution in [1.82, 2.24) is 5.32 Å². The Bertz CT molecular complexity index is 325. The monoisotopic (exact) mass is 189 g/mol. The molecule has 1 rings (SSSR count). The number of rotatable bonds is 3. The van der Waals surface area contributed by atoms with Crippen LogP contribution in [0, 0.1) is 0 Å². The van der Waals surface area contributed by atoms with Gasteiger partial charge < -0.3 is 5.32 Å². The van der Waals surface area contributed by atoms with Crippen LogP contribution in [0.2, 0.25) is 0 Å². The Kier molecular flexibility index (Phi) is 3.92. The molecule has 0 bridgehead atoms. The van der Waals surface area contributed by atoms with Crippen LogP contribution in [-0.2, 0) is 11.2 Å². The molecule has 1 amide bonds.